The molecule has 0 spiro atoms. The van der Waals surface area contributed by atoms with Gasteiger partial charge in [0.1, 0.15) is 0 Å². The second-order valence-corrected chi connectivity index (χ2v) is 5.27. The maximum Gasteiger partial charge on any atom is 0.167 e. The normalized spacial score (nSPS) is 11.9. The fraction of sp³-hybridized carbons (Fsp3) is 0.333. The molecule has 1 aromatic carbocycles. The van der Waals surface area contributed by atoms with E-state index < -0.39 is 0 Å². The molecule has 2 aromatic rings. The summed E-state index contributed by atoms with van der Waals surface area (Å²) in [6.07, 6.45) is 0. The topological polar surface area (TPSA) is 41.9 Å². The van der Waals surface area contributed by atoms with Crippen molar-refractivity contribution in [1.82, 2.24) is 20.4 Å². The molecule has 0 aliphatic carbocycles. The number of benzene rings is 1. The number of aromatic nitrogens is 2. The Morgan fingerprint density at radius 1 is 1.35 bits per heavy atom. The van der Waals surface area contributed by atoms with Crippen molar-refractivity contribution in [2.24, 2.45) is 7.05 Å². The molecule has 0 saturated carbocycles. The third-order valence-electron chi connectivity index (χ3n) is 3.24. The Balaban J connectivity index is 1.84. The van der Waals surface area contributed by atoms with E-state index in [4.69, 9.17) is 12.2 Å². The SMILES string of the molecule is Cc1cc(CNC(=S)NC(C)c2ccccc2)nn1C. The summed E-state index contributed by atoms with van der Waals surface area (Å²) in [6.45, 7) is 4.76. The maximum absolute atomic E-state index is 5.31. The zero-order chi connectivity index (χ0) is 14.5. The van der Waals surface area contributed by atoms with Crippen molar-refractivity contribution in [2.75, 3.05) is 0 Å². The fourth-order valence-corrected chi connectivity index (χ4v) is 2.21. The van der Waals surface area contributed by atoms with Crippen molar-refractivity contribution in [3.8, 4) is 0 Å². The quantitative estimate of drug-likeness (QED) is 0.848. The van der Waals surface area contributed by atoms with Crippen LogP contribution in [-0.4, -0.2) is 14.9 Å². The Morgan fingerprint density at radius 2 is 2.05 bits per heavy atom. The van der Waals surface area contributed by atoms with Gasteiger partial charge in [-0.1, -0.05) is 30.3 Å². The molecule has 0 bridgehead atoms. The molecule has 0 radical (unpaired) electrons. The number of hydrogen-bond acceptors (Lipinski definition) is 2. The molecular formula is C15H20N4S. The summed E-state index contributed by atoms with van der Waals surface area (Å²) in [6, 6.07) is 12.5. The van der Waals surface area contributed by atoms with E-state index in [0.29, 0.717) is 11.7 Å². The van der Waals surface area contributed by atoms with Crippen LogP contribution in [0.25, 0.3) is 0 Å². The molecular weight excluding hydrogens is 268 g/mol. The van der Waals surface area contributed by atoms with E-state index in [1.54, 1.807) is 0 Å². The standard InChI is InChI=1S/C15H20N4S/c1-11-9-14(18-19(11)3)10-16-15(20)17-12(2)13-7-5-4-6-8-13/h4-9,12H,10H2,1-3H3,(H2,16,17,20). The largest absolute Gasteiger partial charge is 0.357 e. The second-order valence-electron chi connectivity index (χ2n) is 4.86. The lowest BCUT2D eigenvalue weighted by molar-refractivity contribution is 0.683. The molecule has 0 saturated heterocycles. The lowest BCUT2D eigenvalue weighted by Crippen LogP contribution is -2.36. The van der Waals surface area contributed by atoms with Gasteiger partial charge in [0.05, 0.1) is 18.3 Å². The number of thiocarbonyl (C=S) groups is 1. The van der Waals surface area contributed by atoms with Crippen LogP contribution >= 0.6 is 12.2 Å². The first kappa shape index (κ1) is 14.5. The molecule has 1 aromatic heterocycles. The van der Waals surface area contributed by atoms with Gasteiger partial charge in [-0.15, -0.1) is 0 Å². The van der Waals surface area contributed by atoms with Crippen LogP contribution in [0.4, 0.5) is 0 Å². The van der Waals surface area contributed by atoms with E-state index in [1.165, 1.54) is 5.56 Å². The second kappa shape index (κ2) is 6.52. The van der Waals surface area contributed by atoms with Crippen LogP contribution in [0.2, 0.25) is 0 Å². The van der Waals surface area contributed by atoms with Gasteiger partial charge in [-0.2, -0.15) is 5.10 Å². The zero-order valence-electron chi connectivity index (χ0n) is 12.1. The van der Waals surface area contributed by atoms with E-state index in [-0.39, 0.29) is 6.04 Å². The van der Waals surface area contributed by atoms with E-state index in [0.717, 1.165) is 11.4 Å². The number of nitrogens with zero attached hydrogens (tertiary/aromatic N) is 2. The van der Waals surface area contributed by atoms with Crippen molar-refractivity contribution in [3.05, 3.63) is 53.3 Å². The lowest BCUT2D eigenvalue weighted by Gasteiger charge is -2.16. The predicted octanol–water partition coefficient (Wildman–Crippen LogP) is 2.45. The summed E-state index contributed by atoms with van der Waals surface area (Å²) in [5.41, 5.74) is 3.34. The third-order valence-corrected chi connectivity index (χ3v) is 3.50. The van der Waals surface area contributed by atoms with Gasteiger partial charge in [0.15, 0.2) is 5.11 Å². The van der Waals surface area contributed by atoms with E-state index in [1.807, 2.05) is 36.9 Å². The van der Waals surface area contributed by atoms with Crippen LogP contribution in [0.5, 0.6) is 0 Å². The highest BCUT2D eigenvalue weighted by atomic mass is 32.1. The summed E-state index contributed by atoms with van der Waals surface area (Å²) in [4.78, 5) is 0. The molecule has 0 fully saturated rings. The summed E-state index contributed by atoms with van der Waals surface area (Å²) in [5.74, 6) is 0. The highest BCUT2D eigenvalue weighted by Gasteiger charge is 2.07. The van der Waals surface area contributed by atoms with Gasteiger partial charge in [-0.3, -0.25) is 4.68 Å². The number of rotatable bonds is 4. The molecule has 1 unspecified atom stereocenters. The molecule has 4 nitrogen and oxygen atoms in total. The molecule has 106 valence electrons. The summed E-state index contributed by atoms with van der Waals surface area (Å²) >= 11 is 5.31. The zero-order valence-corrected chi connectivity index (χ0v) is 12.9. The van der Waals surface area contributed by atoms with Crippen LogP contribution in [0.3, 0.4) is 0 Å². The molecule has 0 amide bonds. The Labute approximate surface area is 125 Å². The minimum atomic E-state index is 0.182. The van der Waals surface area contributed by atoms with Gasteiger partial charge in [0.2, 0.25) is 0 Å². The van der Waals surface area contributed by atoms with Crippen molar-refractivity contribution in [3.63, 3.8) is 0 Å². The summed E-state index contributed by atoms with van der Waals surface area (Å²) in [7, 11) is 1.94. The molecule has 2 N–H and O–H groups in total. The Hall–Kier alpha value is -1.88. The van der Waals surface area contributed by atoms with E-state index >= 15 is 0 Å². The third kappa shape index (κ3) is 3.81. The highest BCUT2D eigenvalue weighted by molar-refractivity contribution is 7.80. The predicted molar refractivity (Wildman–Crippen MR) is 85.4 cm³/mol. The van der Waals surface area contributed by atoms with Crippen LogP contribution in [-0.2, 0) is 13.6 Å². The molecule has 2 rings (SSSR count). The van der Waals surface area contributed by atoms with E-state index in [9.17, 15) is 0 Å². The molecule has 1 heterocycles. The first-order valence-corrected chi connectivity index (χ1v) is 7.06. The van der Waals surface area contributed by atoms with Gasteiger partial charge < -0.3 is 10.6 Å². The maximum atomic E-state index is 5.31. The molecule has 20 heavy (non-hydrogen) atoms. The average Bonchev–Trinajstić information content (AvgIpc) is 2.76. The Morgan fingerprint density at radius 3 is 2.65 bits per heavy atom. The lowest BCUT2D eigenvalue weighted by atomic mass is 10.1. The average molecular weight is 288 g/mol. The number of hydrogen-bond donors (Lipinski definition) is 2. The Bertz CT molecular complexity index is 557. The Kier molecular flexibility index (Phi) is 4.74. The first-order chi connectivity index (χ1) is 9.56. The van der Waals surface area contributed by atoms with Gasteiger partial charge in [-0.05, 0) is 37.7 Å². The summed E-state index contributed by atoms with van der Waals surface area (Å²) < 4.78 is 1.86. The smallest absolute Gasteiger partial charge is 0.167 e. The van der Waals surface area contributed by atoms with Crippen LogP contribution < -0.4 is 10.6 Å². The van der Waals surface area contributed by atoms with Crippen LogP contribution in [0.15, 0.2) is 36.4 Å². The van der Waals surface area contributed by atoms with Gasteiger partial charge in [0, 0.05) is 12.7 Å². The van der Waals surface area contributed by atoms with Gasteiger partial charge in [0.25, 0.3) is 0 Å². The minimum Gasteiger partial charge on any atom is -0.357 e. The van der Waals surface area contributed by atoms with Crippen molar-refractivity contribution in [1.29, 1.82) is 0 Å². The van der Waals surface area contributed by atoms with Crippen LogP contribution in [0.1, 0.15) is 29.9 Å². The minimum absolute atomic E-state index is 0.182. The van der Waals surface area contributed by atoms with Crippen molar-refractivity contribution >= 4 is 17.3 Å². The van der Waals surface area contributed by atoms with Crippen LogP contribution in [0, 0.1) is 6.92 Å². The summed E-state index contributed by atoms with van der Waals surface area (Å²) in [5, 5.41) is 11.5. The molecule has 5 heteroatoms. The van der Waals surface area contributed by atoms with E-state index in [2.05, 4.69) is 40.9 Å². The number of aryl methyl sites for hydroxylation is 2. The molecule has 0 aliphatic rings. The van der Waals surface area contributed by atoms with Crippen molar-refractivity contribution in [2.45, 2.75) is 26.4 Å². The van der Waals surface area contributed by atoms with Gasteiger partial charge in [-0.25, -0.2) is 0 Å². The molecule has 1 atom stereocenters. The number of nitrogens with one attached hydrogen (secondary N) is 2. The fourth-order valence-electron chi connectivity index (χ4n) is 1.96. The molecule has 0 aliphatic heterocycles. The monoisotopic (exact) mass is 288 g/mol. The van der Waals surface area contributed by atoms with Gasteiger partial charge >= 0.3 is 0 Å². The van der Waals surface area contributed by atoms with Crippen molar-refractivity contribution < 1.29 is 0 Å². The first-order valence-electron chi connectivity index (χ1n) is 6.65. The highest BCUT2D eigenvalue weighted by Crippen LogP contribution is 2.10.